The van der Waals surface area contributed by atoms with E-state index in [1.54, 1.807) is 72.8 Å². The van der Waals surface area contributed by atoms with Crippen LogP contribution in [0.25, 0.3) is 6.08 Å². The Morgan fingerprint density at radius 1 is 0.891 bits per heavy atom. The van der Waals surface area contributed by atoms with E-state index in [9.17, 15) is 14.4 Å². The van der Waals surface area contributed by atoms with Crippen LogP contribution in [0.15, 0.2) is 95.7 Å². The SMILES string of the molecule is CCC(Sc1cccc(NC(=O)/C(=C\c2cc(OC)c(OC)c(OC)c2)NC(=O)c2ccccc2)c1)C(=O)Nc1ccc(Cl)cn1. The first kappa shape index (κ1) is 33.9. The number of benzene rings is 3. The van der Waals surface area contributed by atoms with Crippen LogP contribution >= 0.6 is 23.4 Å². The molecule has 0 spiro atoms. The van der Waals surface area contributed by atoms with Crippen molar-refractivity contribution in [2.45, 2.75) is 23.5 Å². The molecule has 4 rings (SSSR count). The predicted molar refractivity (Wildman–Crippen MR) is 181 cm³/mol. The second-order valence-electron chi connectivity index (χ2n) is 9.68. The Hall–Kier alpha value is -5.00. The minimum atomic E-state index is -0.571. The van der Waals surface area contributed by atoms with Crippen molar-refractivity contribution in [1.29, 1.82) is 0 Å². The van der Waals surface area contributed by atoms with Crippen LogP contribution in [0.5, 0.6) is 17.2 Å². The number of thioether (sulfide) groups is 1. The Bertz CT molecular complexity index is 1690. The maximum atomic E-state index is 13.7. The zero-order chi connectivity index (χ0) is 33.1. The topological polar surface area (TPSA) is 128 Å². The number of amides is 3. The molecule has 10 nitrogen and oxygen atoms in total. The molecule has 1 atom stereocenters. The van der Waals surface area contributed by atoms with Gasteiger partial charge in [0.05, 0.1) is 31.6 Å². The lowest BCUT2D eigenvalue weighted by atomic mass is 10.1. The van der Waals surface area contributed by atoms with Crippen molar-refractivity contribution >= 4 is 58.7 Å². The van der Waals surface area contributed by atoms with Gasteiger partial charge in [-0.05, 0) is 72.7 Å². The van der Waals surface area contributed by atoms with E-state index >= 15 is 0 Å². The highest BCUT2D eigenvalue weighted by molar-refractivity contribution is 8.00. The van der Waals surface area contributed by atoms with Crippen LogP contribution in [0.3, 0.4) is 0 Å². The third kappa shape index (κ3) is 9.02. The molecule has 3 aromatic carbocycles. The zero-order valence-corrected chi connectivity index (χ0v) is 27.2. The summed E-state index contributed by atoms with van der Waals surface area (Å²) in [6, 6.07) is 22.3. The summed E-state index contributed by atoms with van der Waals surface area (Å²) >= 11 is 7.25. The second kappa shape index (κ2) is 16.4. The Balaban J connectivity index is 1.58. The van der Waals surface area contributed by atoms with Crippen LogP contribution in [0.4, 0.5) is 11.5 Å². The quantitative estimate of drug-likeness (QED) is 0.107. The third-order valence-corrected chi connectivity index (χ3v) is 8.12. The fourth-order valence-electron chi connectivity index (χ4n) is 4.28. The normalized spacial score (nSPS) is 11.6. The highest BCUT2D eigenvalue weighted by atomic mass is 35.5. The molecule has 1 aromatic heterocycles. The van der Waals surface area contributed by atoms with E-state index in [-0.39, 0.29) is 11.6 Å². The van der Waals surface area contributed by atoms with Gasteiger partial charge in [-0.15, -0.1) is 11.8 Å². The lowest BCUT2D eigenvalue weighted by Crippen LogP contribution is -2.30. The van der Waals surface area contributed by atoms with Crippen molar-refractivity contribution in [3.63, 3.8) is 0 Å². The molecular formula is C34H33ClN4O6S. The summed E-state index contributed by atoms with van der Waals surface area (Å²) in [5.41, 5.74) is 1.34. The van der Waals surface area contributed by atoms with Gasteiger partial charge in [0.25, 0.3) is 11.8 Å². The average molecular weight is 661 g/mol. The van der Waals surface area contributed by atoms with Crippen LogP contribution in [0.2, 0.25) is 5.02 Å². The number of anilines is 2. The van der Waals surface area contributed by atoms with E-state index in [1.807, 2.05) is 13.0 Å². The summed E-state index contributed by atoms with van der Waals surface area (Å²) in [4.78, 5) is 44.6. The van der Waals surface area contributed by atoms with Gasteiger partial charge in [0.2, 0.25) is 11.7 Å². The highest BCUT2D eigenvalue weighted by Crippen LogP contribution is 2.38. The molecule has 4 aromatic rings. The minimum Gasteiger partial charge on any atom is -0.493 e. The third-order valence-electron chi connectivity index (χ3n) is 6.54. The lowest BCUT2D eigenvalue weighted by Gasteiger charge is -2.16. The van der Waals surface area contributed by atoms with Crippen LogP contribution in [-0.4, -0.2) is 49.3 Å². The molecule has 0 saturated heterocycles. The molecule has 12 heteroatoms. The monoisotopic (exact) mass is 660 g/mol. The van der Waals surface area contributed by atoms with Crippen molar-refractivity contribution in [2.75, 3.05) is 32.0 Å². The van der Waals surface area contributed by atoms with E-state index in [0.717, 1.165) is 4.90 Å². The number of halogens is 1. The molecular weight excluding hydrogens is 628 g/mol. The molecule has 238 valence electrons. The predicted octanol–water partition coefficient (Wildman–Crippen LogP) is 6.68. The van der Waals surface area contributed by atoms with E-state index in [4.69, 9.17) is 25.8 Å². The van der Waals surface area contributed by atoms with Gasteiger partial charge < -0.3 is 30.2 Å². The number of carbonyl (C=O) groups excluding carboxylic acids is 3. The fourth-order valence-corrected chi connectivity index (χ4v) is 5.41. The van der Waals surface area contributed by atoms with E-state index in [1.165, 1.54) is 45.4 Å². The summed E-state index contributed by atoms with van der Waals surface area (Å²) < 4.78 is 16.3. The van der Waals surface area contributed by atoms with Gasteiger partial charge in [-0.3, -0.25) is 14.4 Å². The minimum absolute atomic E-state index is 0.0255. The molecule has 46 heavy (non-hydrogen) atoms. The molecule has 0 aliphatic carbocycles. The zero-order valence-electron chi connectivity index (χ0n) is 25.6. The van der Waals surface area contributed by atoms with E-state index in [0.29, 0.717) is 51.3 Å². The van der Waals surface area contributed by atoms with Gasteiger partial charge >= 0.3 is 0 Å². The number of methoxy groups -OCH3 is 3. The fraction of sp³-hybridized carbons (Fsp3) is 0.176. The van der Waals surface area contributed by atoms with Crippen molar-refractivity contribution in [3.05, 3.63) is 107 Å². The van der Waals surface area contributed by atoms with Crippen molar-refractivity contribution in [1.82, 2.24) is 10.3 Å². The van der Waals surface area contributed by atoms with Crippen molar-refractivity contribution in [3.8, 4) is 17.2 Å². The standard InChI is InChI=1S/C34H33ClN4O6S/c1-5-29(34(42)39-30-15-14-23(35)20-36-30)46-25-13-9-12-24(19-25)37-33(41)26(38-32(40)22-10-7-6-8-11-22)16-21-17-27(43-2)31(45-4)28(18-21)44-3/h6-20,29H,5H2,1-4H3,(H,37,41)(H,38,40)(H,36,39,42)/b26-16+. The molecule has 0 saturated carbocycles. The smallest absolute Gasteiger partial charge is 0.272 e. The Labute approximate surface area is 276 Å². The Morgan fingerprint density at radius 2 is 1.61 bits per heavy atom. The molecule has 0 radical (unpaired) electrons. The number of ether oxygens (including phenoxy) is 3. The molecule has 3 N–H and O–H groups in total. The largest absolute Gasteiger partial charge is 0.493 e. The molecule has 1 unspecified atom stereocenters. The molecule has 0 bridgehead atoms. The van der Waals surface area contributed by atoms with Gasteiger partial charge in [0.1, 0.15) is 11.5 Å². The summed E-state index contributed by atoms with van der Waals surface area (Å²) in [5.74, 6) is 0.305. The molecule has 0 aliphatic rings. The van der Waals surface area contributed by atoms with Gasteiger partial charge in [0.15, 0.2) is 11.5 Å². The first-order valence-electron chi connectivity index (χ1n) is 14.1. The number of pyridine rings is 1. The number of carbonyl (C=O) groups is 3. The van der Waals surface area contributed by atoms with Gasteiger partial charge in [-0.1, -0.05) is 42.8 Å². The second-order valence-corrected chi connectivity index (χ2v) is 11.4. The average Bonchev–Trinajstić information content (AvgIpc) is 3.07. The number of nitrogens with zero attached hydrogens (tertiary/aromatic N) is 1. The number of hydrogen-bond donors (Lipinski definition) is 3. The Kier molecular flexibility index (Phi) is 12.0. The number of rotatable bonds is 13. The number of aromatic nitrogens is 1. The lowest BCUT2D eigenvalue weighted by molar-refractivity contribution is -0.116. The first-order valence-corrected chi connectivity index (χ1v) is 15.4. The number of nitrogens with one attached hydrogen (secondary N) is 3. The van der Waals surface area contributed by atoms with Crippen LogP contribution < -0.4 is 30.2 Å². The van der Waals surface area contributed by atoms with Crippen LogP contribution in [-0.2, 0) is 9.59 Å². The highest BCUT2D eigenvalue weighted by Gasteiger charge is 2.20. The van der Waals surface area contributed by atoms with Crippen molar-refractivity contribution in [2.24, 2.45) is 0 Å². The van der Waals surface area contributed by atoms with E-state index < -0.39 is 17.1 Å². The van der Waals surface area contributed by atoms with E-state index in [2.05, 4.69) is 20.9 Å². The molecule has 0 aliphatic heterocycles. The van der Waals surface area contributed by atoms with Gasteiger partial charge in [-0.2, -0.15) is 0 Å². The summed E-state index contributed by atoms with van der Waals surface area (Å²) in [6.45, 7) is 1.91. The summed E-state index contributed by atoms with van der Waals surface area (Å²) in [7, 11) is 4.47. The van der Waals surface area contributed by atoms with Crippen LogP contribution in [0, 0.1) is 0 Å². The van der Waals surface area contributed by atoms with Crippen molar-refractivity contribution < 1.29 is 28.6 Å². The molecule has 0 fully saturated rings. The summed E-state index contributed by atoms with van der Waals surface area (Å²) in [5, 5.41) is 8.44. The maximum Gasteiger partial charge on any atom is 0.272 e. The Morgan fingerprint density at radius 3 is 2.22 bits per heavy atom. The van der Waals surface area contributed by atoms with Crippen LogP contribution in [0.1, 0.15) is 29.3 Å². The van der Waals surface area contributed by atoms with Gasteiger partial charge in [-0.25, -0.2) is 4.98 Å². The molecule has 1 heterocycles. The first-order chi connectivity index (χ1) is 22.2. The van der Waals surface area contributed by atoms with Gasteiger partial charge in [0, 0.05) is 22.3 Å². The maximum absolute atomic E-state index is 13.7. The number of hydrogen-bond acceptors (Lipinski definition) is 8. The summed E-state index contributed by atoms with van der Waals surface area (Å²) in [6.07, 6.45) is 3.53. The molecule has 3 amide bonds.